The Balaban J connectivity index is 1.56. The van der Waals surface area contributed by atoms with Crippen LogP contribution in [0.5, 0.6) is 0 Å². The van der Waals surface area contributed by atoms with E-state index in [9.17, 15) is 4.79 Å². The van der Waals surface area contributed by atoms with Gasteiger partial charge in [-0.25, -0.2) is 0 Å². The van der Waals surface area contributed by atoms with Gasteiger partial charge in [-0.15, -0.1) is 0 Å². The van der Waals surface area contributed by atoms with E-state index in [4.69, 9.17) is 4.74 Å². The van der Waals surface area contributed by atoms with Crippen molar-refractivity contribution in [3.63, 3.8) is 0 Å². The van der Waals surface area contributed by atoms with Gasteiger partial charge in [0.1, 0.15) is 0 Å². The molecule has 1 saturated heterocycles. The van der Waals surface area contributed by atoms with Crippen LogP contribution in [0.3, 0.4) is 0 Å². The summed E-state index contributed by atoms with van der Waals surface area (Å²) in [7, 11) is 0. The highest BCUT2D eigenvalue weighted by Crippen LogP contribution is 2.14. The summed E-state index contributed by atoms with van der Waals surface area (Å²) >= 11 is 3.44. The molecule has 132 valence electrons. The first-order valence-electron chi connectivity index (χ1n) is 8.59. The molecule has 5 heteroatoms. The van der Waals surface area contributed by atoms with Crippen LogP contribution in [0.15, 0.2) is 53.0 Å². The third-order valence-electron chi connectivity index (χ3n) is 4.35. The number of carbonyl (C=O) groups is 1. The highest BCUT2D eigenvalue weighted by Gasteiger charge is 2.13. The molecule has 1 aliphatic rings. The van der Waals surface area contributed by atoms with Crippen LogP contribution in [-0.4, -0.2) is 37.1 Å². The van der Waals surface area contributed by atoms with E-state index in [2.05, 4.69) is 44.3 Å². The summed E-state index contributed by atoms with van der Waals surface area (Å²) in [5.74, 6) is 0.0410. The Morgan fingerprint density at radius 3 is 2.60 bits per heavy atom. The van der Waals surface area contributed by atoms with Crippen molar-refractivity contribution in [2.24, 2.45) is 0 Å². The third kappa shape index (κ3) is 5.66. The van der Waals surface area contributed by atoms with Crippen LogP contribution in [0.25, 0.3) is 0 Å². The van der Waals surface area contributed by atoms with Crippen molar-refractivity contribution >= 4 is 21.8 Å². The van der Waals surface area contributed by atoms with E-state index in [1.807, 2.05) is 30.3 Å². The number of halogens is 1. The molecule has 1 amide bonds. The molecule has 0 radical (unpaired) electrons. The van der Waals surface area contributed by atoms with Crippen LogP contribution >= 0.6 is 15.9 Å². The van der Waals surface area contributed by atoms with Gasteiger partial charge in [-0.3, -0.25) is 9.69 Å². The second-order valence-corrected chi connectivity index (χ2v) is 7.16. The van der Waals surface area contributed by atoms with Crippen LogP contribution in [0.4, 0.5) is 0 Å². The van der Waals surface area contributed by atoms with Crippen LogP contribution in [0, 0.1) is 0 Å². The van der Waals surface area contributed by atoms with Gasteiger partial charge in [0.05, 0.1) is 19.6 Å². The maximum absolute atomic E-state index is 12.2. The summed E-state index contributed by atoms with van der Waals surface area (Å²) in [6.07, 6.45) is 0.394. The highest BCUT2D eigenvalue weighted by atomic mass is 79.9. The van der Waals surface area contributed by atoms with E-state index in [-0.39, 0.29) is 5.91 Å². The molecule has 0 unspecified atom stereocenters. The lowest BCUT2D eigenvalue weighted by Crippen LogP contribution is -2.36. The Morgan fingerprint density at radius 1 is 1.08 bits per heavy atom. The minimum atomic E-state index is 0.0410. The number of benzene rings is 2. The molecule has 2 aromatic carbocycles. The predicted molar refractivity (Wildman–Crippen MR) is 102 cm³/mol. The van der Waals surface area contributed by atoms with Gasteiger partial charge in [0.15, 0.2) is 0 Å². The van der Waals surface area contributed by atoms with Crippen LogP contribution in [-0.2, 0) is 29.0 Å². The van der Waals surface area contributed by atoms with E-state index >= 15 is 0 Å². The molecule has 0 aliphatic carbocycles. The van der Waals surface area contributed by atoms with E-state index in [0.29, 0.717) is 13.0 Å². The van der Waals surface area contributed by atoms with E-state index in [1.165, 1.54) is 11.1 Å². The van der Waals surface area contributed by atoms with Crippen LogP contribution in [0.2, 0.25) is 0 Å². The molecule has 3 rings (SSSR count). The Kier molecular flexibility index (Phi) is 6.62. The van der Waals surface area contributed by atoms with Crippen molar-refractivity contribution in [3.05, 3.63) is 69.7 Å². The number of amides is 1. The summed E-state index contributed by atoms with van der Waals surface area (Å²) in [6, 6.07) is 16.2. The number of rotatable bonds is 6. The molecule has 0 saturated carbocycles. The molecule has 0 spiro atoms. The fourth-order valence-corrected chi connectivity index (χ4v) is 3.42. The average molecular weight is 403 g/mol. The lowest BCUT2D eigenvalue weighted by Gasteiger charge is -2.27. The first kappa shape index (κ1) is 18.1. The first-order chi connectivity index (χ1) is 12.2. The van der Waals surface area contributed by atoms with Gasteiger partial charge >= 0.3 is 0 Å². The van der Waals surface area contributed by atoms with Crippen LogP contribution in [0.1, 0.15) is 16.7 Å². The lowest BCUT2D eigenvalue weighted by atomic mass is 10.1. The van der Waals surface area contributed by atoms with Crippen molar-refractivity contribution < 1.29 is 9.53 Å². The number of hydrogen-bond acceptors (Lipinski definition) is 3. The van der Waals surface area contributed by atoms with Crippen molar-refractivity contribution in [3.8, 4) is 0 Å². The van der Waals surface area contributed by atoms with Crippen molar-refractivity contribution in [1.29, 1.82) is 0 Å². The second-order valence-electron chi connectivity index (χ2n) is 6.24. The standard InChI is InChI=1S/C20H23BrN2O2/c21-19-7-3-4-16(12-19)13-20(24)22-14-17-5-1-2-6-18(17)15-23-8-10-25-11-9-23/h1-7,12H,8-11,13-15H2,(H,22,24). The lowest BCUT2D eigenvalue weighted by molar-refractivity contribution is -0.120. The van der Waals surface area contributed by atoms with E-state index in [1.54, 1.807) is 0 Å². The van der Waals surface area contributed by atoms with Gasteiger partial charge < -0.3 is 10.1 Å². The average Bonchev–Trinajstić information content (AvgIpc) is 2.62. The molecule has 2 aromatic rings. The molecule has 1 aliphatic heterocycles. The molecule has 25 heavy (non-hydrogen) atoms. The van der Waals surface area contributed by atoms with Crippen molar-refractivity contribution in [2.75, 3.05) is 26.3 Å². The quantitative estimate of drug-likeness (QED) is 0.806. The van der Waals surface area contributed by atoms with Gasteiger partial charge in [0.25, 0.3) is 0 Å². The number of nitrogens with zero attached hydrogens (tertiary/aromatic N) is 1. The van der Waals surface area contributed by atoms with Gasteiger partial charge in [-0.2, -0.15) is 0 Å². The normalized spacial score (nSPS) is 15.1. The van der Waals surface area contributed by atoms with E-state index in [0.717, 1.165) is 42.9 Å². The summed E-state index contributed by atoms with van der Waals surface area (Å²) in [5.41, 5.74) is 3.46. The number of morpholine rings is 1. The number of ether oxygens (including phenoxy) is 1. The zero-order valence-corrected chi connectivity index (χ0v) is 15.8. The summed E-state index contributed by atoms with van der Waals surface area (Å²) in [4.78, 5) is 14.6. The minimum Gasteiger partial charge on any atom is -0.379 e. The number of nitrogens with one attached hydrogen (secondary N) is 1. The highest BCUT2D eigenvalue weighted by molar-refractivity contribution is 9.10. The summed E-state index contributed by atoms with van der Waals surface area (Å²) < 4.78 is 6.40. The molecule has 4 nitrogen and oxygen atoms in total. The molecule has 1 fully saturated rings. The third-order valence-corrected chi connectivity index (χ3v) is 4.84. The maximum atomic E-state index is 12.2. The number of hydrogen-bond donors (Lipinski definition) is 1. The Morgan fingerprint density at radius 2 is 1.84 bits per heavy atom. The molecule has 1 N–H and O–H groups in total. The fraction of sp³-hybridized carbons (Fsp3) is 0.350. The van der Waals surface area contributed by atoms with Crippen molar-refractivity contribution in [2.45, 2.75) is 19.5 Å². The van der Waals surface area contributed by atoms with Gasteiger partial charge in [0, 0.05) is 30.7 Å². The van der Waals surface area contributed by atoms with Gasteiger partial charge in [0.2, 0.25) is 5.91 Å². The topological polar surface area (TPSA) is 41.6 Å². The van der Waals surface area contributed by atoms with Gasteiger partial charge in [-0.1, -0.05) is 52.3 Å². The van der Waals surface area contributed by atoms with Crippen molar-refractivity contribution in [1.82, 2.24) is 10.2 Å². The second kappa shape index (κ2) is 9.13. The zero-order valence-electron chi connectivity index (χ0n) is 14.2. The SMILES string of the molecule is O=C(Cc1cccc(Br)c1)NCc1ccccc1CN1CCOCC1. The summed E-state index contributed by atoms with van der Waals surface area (Å²) in [5, 5.41) is 3.05. The Hall–Kier alpha value is -1.69. The molecule has 1 heterocycles. The van der Waals surface area contributed by atoms with Crippen LogP contribution < -0.4 is 5.32 Å². The predicted octanol–water partition coefficient (Wildman–Crippen LogP) is 3.14. The first-order valence-corrected chi connectivity index (χ1v) is 9.38. The summed E-state index contributed by atoms with van der Waals surface area (Å²) in [6.45, 7) is 4.98. The molecule has 0 aromatic heterocycles. The Bertz CT molecular complexity index is 714. The molecule has 0 bridgehead atoms. The monoisotopic (exact) mass is 402 g/mol. The minimum absolute atomic E-state index is 0.0410. The molecular formula is C20H23BrN2O2. The largest absolute Gasteiger partial charge is 0.379 e. The van der Waals surface area contributed by atoms with Gasteiger partial charge in [-0.05, 0) is 28.8 Å². The maximum Gasteiger partial charge on any atom is 0.224 e. The molecule has 0 atom stereocenters. The Labute approximate surface area is 157 Å². The molecular weight excluding hydrogens is 380 g/mol. The van der Waals surface area contributed by atoms with E-state index < -0.39 is 0 Å². The number of carbonyl (C=O) groups excluding carboxylic acids is 1. The smallest absolute Gasteiger partial charge is 0.224 e. The zero-order chi connectivity index (χ0) is 17.5. The fourth-order valence-electron chi connectivity index (χ4n) is 2.97.